The normalized spacial score (nSPS) is 14.5. The number of hydrogen-bond donors (Lipinski definition) is 5. The molecule has 12 nitrogen and oxygen atoms in total. The summed E-state index contributed by atoms with van der Waals surface area (Å²) in [4.78, 5) is 37.1. The first kappa shape index (κ1) is 31.0. The van der Waals surface area contributed by atoms with Crippen molar-refractivity contribution in [3.63, 3.8) is 0 Å². The van der Waals surface area contributed by atoms with Gasteiger partial charge in [-0.15, -0.1) is 0 Å². The van der Waals surface area contributed by atoms with Crippen LogP contribution in [0.5, 0.6) is 0 Å². The van der Waals surface area contributed by atoms with Crippen LogP contribution in [0.2, 0.25) is 0 Å². The molecule has 0 spiro atoms. The molecular formula is C28H43N7O5. The van der Waals surface area contributed by atoms with E-state index in [2.05, 4.69) is 36.2 Å². The predicted octanol–water partition coefficient (Wildman–Crippen LogP) is 3.40. The number of ether oxygens (including phenoxy) is 2. The summed E-state index contributed by atoms with van der Waals surface area (Å²) >= 11 is 0. The van der Waals surface area contributed by atoms with Crippen LogP contribution < -0.4 is 21.3 Å². The number of carboxylic acid groups (broad SMARTS) is 1. The second-order valence-corrected chi connectivity index (χ2v) is 10.2. The zero-order chi connectivity index (χ0) is 28.6. The van der Waals surface area contributed by atoms with E-state index in [4.69, 9.17) is 9.47 Å². The van der Waals surface area contributed by atoms with Crippen LogP contribution in [0.3, 0.4) is 0 Å². The molecule has 1 aromatic carbocycles. The molecule has 0 saturated heterocycles. The van der Waals surface area contributed by atoms with E-state index in [-0.39, 0.29) is 23.8 Å². The summed E-state index contributed by atoms with van der Waals surface area (Å²) < 4.78 is 11.1. The molecule has 40 heavy (non-hydrogen) atoms. The van der Waals surface area contributed by atoms with Crippen molar-refractivity contribution in [2.24, 2.45) is 5.92 Å². The van der Waals surface area contributed by atoms with Crippen LogP contribution in [-0.4, -0.2) is 83.5 Å². The minimum atomic E-state index is -0.945. The number of aliphatic carboxylic acids is 1. The zero-order valence-electron chi connectivity index (χ0n) is 23.5. The molecule has 1 aromatic heterocycles. The van der Waals surface area contributed by atoms with Gasteiger partial charge in [-0.2, -0.15) is 15.0 Å². The van der Waals surface area contributed by atoms with Gasteiger partial charge >= 0.3 is 5.97 Å². The van der Waals surface area contributed by atoms with Crippen molar-refractivity contribution >= 4 is 29.7 Å². The third-order valence-electron chi connectivity index (χ3n) is 6.35. The maximum Gasteiger partial charge on any atom is 0.326 e. The first-order chi connectivity index (χ1) is 19.4. The van der Waals surface area contributed by atoms with Crippen molar-refractivity contribution in [1.82, 2.24) is 20.3 Å². The number of benzene rings is 1. The van der Waals surface area contributed by atoms with Crippen LogP contribution in [-0.2, 0) is 14.3 Å². The fourth-order valence-electron chi connectivity index (χ4n) is 4.35. The van der Waals surface area contributed by atoms with Crippen LogP contribution in [0, 0.1) is 5.92 Å². The molecule has 0 bridgehead atoms. The molecule has 0 aliphatic heterocycles. The standard InChI is InChI=1S/C28H43N7O5/c1-20(2)19-23(25(37)38)32-28-34-26(33-27(35-28)31-22-11-7-4-8-12-22)30-14-16-40-18-17-39-15-13-29-24(36)21-9-5-3-6-10-21/h3,5-6,9-10,20,22-23H,4,7-8,11-19H2,1-2H3,(H,29,36)(H,37,38)(H3,30,31,32,33,34,35)/t23-/m0/s1. The van der Waals surface area contributed by atoms with E-state index in [9.17, 15) is 14.7 Å². The van der Waals surface area contributed by atoms with E-state index in [1.807, 2.05) is 32.0 Å². The molecule has 1 aliphatic carbocycles. The van der Waals surface area contributed by atoms with Crippen molar-refractivity contribution < 1.29 is 24.2 Å². The second-order valence-electron chi connectivity index (χ2n) is 10.2. The zero-order valence-corrected chi connectivity index (χ0v) is 23.5. The number of anilines is 3. The second kappa shape index (κ2) is 17.2. The van der Waals surface area contributed by atoms with Gasteiger partial charge in [-0.25, -0.2) is 4.79 Å². The number of nitrogens with zero attached hydrogens (tertiary/aromatic N) is 3. The summed E-state index contributed by atoms with van der Waals surface area (Å²) in [5.41, 5.74) is 0.619. The number of nitrogens with one attached hydrogen (secondary N) is 4. The molecule has 3 rings (SSSR count). The lowest BCUT2D eigenvalue weighted by atomic mass is 9.96. The van der Waals surface area contributed by atoms with Gasteiger partial charge in [0.2, 0.25) is 17.8 Å². The number of rotatable bonds is 18. The van der Waals surface area contributed by atoms with Crippen LogP contribution in [0.25, 0.3) is 0 Å². The number of aromatic nitrogens is 3. The molecule has 12 heteroatoms. The Hall–Kier alpha value is -3.51. The highest BCUT2D eigenvalue weighted by molar-refractivity contribution is 5.94. The molecule has 0 radical (unpaired) electrons. The Balaban J connectivity index is 1.40. The third kappa shape index (κ3) is 11.7. The summed E-state index contributed by atoms with van der Waals surface area (Å²) in [5.74, 6) is 0.116. The quantitative estimate of drug-likeness (QED) is 0.171. The molecule has 1 amide bonds. The molecule has 1 fully saturated rings. The van der Waals surface area contributed by atoms with E-state index in [1.54, 1.807) is 12.1 Å². The molecule has 0 unspecified atom stereocenters. The average Bonchev–Trinajstić information content (AvgIpc) is 2.94. The molecule has 5 N–H and O–H groups in total. The van der Waals surface area contributed by atoms with Crippen LogP contribution in [0.15, 0.2) is 30.3 Å². The minimum Gasteiger partial charge on any atom is -0.480 e. The molecule has 1 heterocycles. The summed E-state index contributed by atoms with van der Waals surface area (Å²) in [6, 6.07) is 8.53. The fourth-order valence-corrected chi connectivity index (χ4v) is 4.35. The Bertz CT molecular complexity index is 1030. The Morgan fingerprint density at radius 2 is 1.55 bits per heavy atom. The number of carbonyl (C=O) groups is 2. The smallest absolute Gasteiger partial charge is 0.326 e. The van der Waals surface area contributed by atoms with Gasteiger partial charge < -0.3 is 35.8 Å². The Kier molecular flexibility index (Phi) is 13.4. The summed E-state index contributed by atoms with van der Waals surface area (Å²) in [5, 5.41) is 21.9. The van der Waals surface area contributed by atoms with Gasteiger partial charge in [0.1, 0.15) is 6.04 Å². The maximum atomic E-state index is 12.0. The van der Waals surface area contributed by atoms with Crippen LogP contribution >= 0.6 is 0 Å². The van der Waals surface area contributed by atoms with Crippen LogP contribution in [0.1, 0.15) is 62.7 Å². The SMILES string of the molecule is CC(C)C[C@H](Nc1nc(NCCOCCOCCNC(=O)c2ccccc2)nc(NC2CCCCC2)n1)C(=O)O. The topological polar surface area (TPSA) is 160 Å². The largest absolute Gasteiger partial charge is 0.480 e. The average molecular weight is 558 g/mol. The van der Waals surface area contributed by atoms with Gasteiger partial charge in [-0.1, -0.05) is 51.3 Å². The summed E-state index contributed by atoms with van der Waals surface area (Å²) in [6.07, 6.45) is 6.12. The van der Waals surface area contributed by atoms with E-state index < -0.39 is 12.0 Å². The molecular weight excluding hydrogens is 514 g/mol. The summed E-state index contributed by atoms with van der Waals surface area (Å²) in [6.45, 7) is 6.43. The van der Waals surface area contributed by atoms with Gasteiger partial charge in [0.15, 0.2) is 0 Å². The lowest BCUT2D eigenvalue weighted by molar-refractivity contribution is -0.138. The predicted molar refractivity (Wildman–Crippen MR) is 154 cm³/mol. The van der Waals surface area contributed by atoms with E-state index in [0.29, 0.717) is 63.4 Å². The van der Waals surface area contributed by atoms with E-state index >= 15 is 0 Å². The third-order valence-corrected chi connectivity index (χ3v) is 6.35. The Morgan fingerprint density at radius 3 is 2.23 bits per heavy atom. The van der Waals surface area contributed by atoms with E-state index in [0.717, 1.165) is 25.7 Å². The van der Waals surface area contributed by atoms with Gasteiger partial charge in [0.05, 0.1) is 26.4 Å². The number of hydrogen-bond acceptors (Lipinski definition) is 10. The van der Waals surface area contributed by atoms with Gasteiger partial charge in [-0.3, -0.25) is 4.79 Å². The molecule has 1 atom stereocenters. The minimum absolute atomic E-state index is 0.126. The molecule has 220 valence electrons. The molecule has 1 saturated carbocycles. The lowest BCUT2D eigenvalue weighted by Gasteiger charge is -2.23. The van der Waals surface area contributed by atoms with Crippen molar-refractivity contribution in [1.29, 1.82) is 0 Å². The Morgan fingerprint density at radius 1 is 0.900 bits per heavy atom. The highest BCUT2D eigenvalue weighted by Crippen LogP contribution is 2.21. The highest BCUT2D eigenvalue weighted by Gasteiger charge is 2.21. The lowest BCUT2D eigenvalue weighted by Crippen LogP contribution is -2.32. The first-order valence-electron chi connectivity index (χ1n) is 14.1. The van der Waals surface area contributed by atoms with Crippen molar-refractivity contribution in [2.75, 3.05) is 55.5 Å². The number of carbonyl (C=O) groups excluding carboxylic acids is 1. The van der Waals surface area contributed by atoms with Gasteiger partial charge in [-0.05, 0) is 37.3 Å². The van der Waals surface area contributed by atoms with Gasteiger partial charge in [0.25, 0.3) is 5.91 Å². The highest BCUT2D eigenvalue weighted by atomic mass is 16.5. The Labute approximate surface area is 236 Å². The van der Waals surface area contributed by atoms with Crippen molar-refractivity contribution in [3.8, 4) is 0 Å². The van der Waals surface area contributed by atoms with Crippen molar-refractivity contribution in [3.05, 3.63) is 35.9 Å². The van der Waals surface area contributed by atoms with Crippen LogP contribution in [0.4, 0.5) is 17.8 Å². The van der Waals surface area contributed by atoms with E-state index in [1.165, 1.54) is 6.42 Å². The fraction of sp³-hybridized carbons (Fsp3) is 0.607. The number of amides is 1. The molecule has 1 aliphatic rings. The number of carboxylic acids is 1. The monoisotopic (exact) mass is 557 g/mol. The van der Waals surface area contributed by atoms with Crippen molar-refractivity contribution in [2.45, 2.75) is 64.5 Å². The maximum absolute atomic E-state index is 12.0. The summed E-state index contributed by atoms with van der Waals surface area (Å²) in [7, 11) is 0. The van der Waals surface area contributed by atoms with Gasteiger partial charge in [0, 0.05) is 24.7 Å². The first-order valence-corrected chi connectivity index (χ1v) is 14.1. The molecule has 2 aromatic rings.